The summed E-state index contributed by atoms with van der Waals surface area (Å²) in [5.74, 6) is 0.877. The smallest absolute Gasteiger partial charge is 0.262 e. The summed E-state index contributed by atoms with van der Waals surface area (Å²) < 4.78 is 7.19. The van der Waals surface area contributed by atoms with Crippen molar-refractivity contribution in [1.82, 2.24) is 19.5 Å². The summed E-state index contributed by atoms with van der Waals surface area (Å²) in [6.07, 6.45) is 8.72. The molecule has 2 aromatic heterocycles. The first kappa shape index (κ1) is 22.6. The highest BCUT2D eigenvalue weighted by Gasteiger charge is 2.41. The number of benzene rings is 1. The quantitative estimate of drug-likeness (QED) is 0.585. The van der Waals surface area contributed by atoms with Crippen LogP contribution in [-0.4, -0.2) is 57.0 Å². The summed E-state index contributed by atoms with van der Waals surface area (Å²) in [5, 5.41) is 10.5. The minimum Gasteiger partial charge on any atom is -0.395 e. The van der Waals surface area contributed by atoms with Gasteiger partial charge in [-0.05, 0) is 43.7 Å². The van der Waals surface area contributed by atoms with Gasteiger partial charge in [-0.1, -0.05) is 23.4 Å². The van der Waals surface area contributed by atoms with E-state index in [1.807, 2.05) is 6.07 Å². The predicted octanol–water partition coefficient (Wildman–Crippen LogP) is 3.38. The Bertz CT molecular complexity index is 1210. The number of aliphatic hydroxyl groups excluding tert-OH is 1. The van der Waals surface area contributed by atoms with E-state index in [9.17, 15) is 4.79 Å². The largest absolute Gasteiger partial charge is 0.395 e. The molecule has 0 radical (unpaired) electrons. The van der Waals surface area contributed by atoms with E-state index in [4.69, 9.17) is 21.4 Å². The maximum Gasteiger partial charge on any atom is 0.262 e. The summed E-state index contributed by atoms with van der Waals surface area (Å²) in [6, 6.07) is 3.61. The summed E-state index contributed by atoms with van der Waals surface area (Å²) in [4.78, 5) is 29.3. The number of ether oxygens (including phenoxy) is 1. The second-order valence-corrected chi connectivity index (χ2v) is 10.3. The second kappa shape index (κ2) is 9.21. The van der Waals surface area contributed by atoms with Crippen molar-refractivity contribution in [2.45, 2.75) is 48.8 Å². The van der Waals surface area contributed by atoms with Crippen molar-refractivity contribution in [3.05, 3.63) is 46.2 Å². The third-order valence-electron chi connectivity index (χ3n) is 6.61. The summed E-state index contributed by atoms with van der Waals surface area (Å²) in [7, 11) is 0. The van der Waals surface area contributed by atoms with Crippen molar-refractivity contribution in [3.63, 3.8) is 0 Å². The molecular formula is C23H26ClN5O3S. The molecule has 174 valence electrons. The number of rotatable bonds is 5. The maximum atomic E-state index is 12.8. The van der Waals surface area contributed by atoms with Gasteiger partial charge in [-0.25, -0.2) is 15.0 Å². The van der Waals surface area contributed by atoms with Crippen LogP contribution >= 0.6 is 23.4 Å². The molecule has 10 heteroatoms. The Morgan fingerprint density at radius 3 is 2.73 bits per heavy atom. The lowest BCUT2D eigenvalue weighted by Gasteiger charge is -2.38. The van der Waals surface area contributed by atoms with Gasteiger partial charge in [0.05, 0.1) is 60.5 Å². The molecule has 2 fully saturated rings. The number of fused-ring (bicyclic) bond motifs is 1. The highest BCUT2D eigenvalue weighted by molar-refractivity contribution is 7.99. The van der Waals surface area contributed by atoms with Crippen molar-refractivity contribution in [1.29, 1.82) is 0 Å². The highest BCUT2D eigenvalue weighted by atomic mass is 35.5. The average molecular weight is 488 g/mol. The van der Waals surface area contributed by atoms with E-state index in [2.05, 4.69) is 26.8 Å². The van der Waals surface area contributed by atoms with Crippen LogP contribution in [0.15, 0.2) is 45.6 Å². The first-order valence-electron chi connectivity index (χ1n) is 11.1. The zero-order valence-electron chi connectivity index (χ0n) is 18.4. The van der Waals surface area contributed by atoms with Crippen molar-refractivity contribution >= 4 is 40.1 Å². The van der Waals surface area contributed by atoms with Gasteiger partial charge in [-0.3, -0.25) is 9.36 Å². The molecule has 0 aliphatic carbocycles. The maximum absolute atomic E-state index is 12.8. The van der Waals surface area contributed by atoms with Crippen LogP contribution in [0.1, 0.15) is 26.2 Å². The lowest BCUT2D eigenvalue weighted by Crippen LogP contribution is -2.41. The van der Waals surface area contributed by atoms with E-state index >= 15 is 0 Å². The Hall–Kier alpha value is -2.20. The third-order valence-corrected chi connectivity index (χ3v) is 8.09. The fraction of sp³-hybridized carbons (Fsp3) is 0.478. The first-order valence-corrected chi connectivity index (χ1v) is 12.3. The molecule has 5 rings (SSSR count). The van der Waals surface area contributed by atoms with Gasteiger partial charge in [0.2, 0.25) is 0 Å². The van der Waals surface area contributed by atoms with Gasteiger partial charge in [0.15, 0.2) is 0 Å². The lowest BCUT2D eigenvalue weighted by molar-refractivity contribution is 0.0976. The van der Waals surface area contributed by atoms with Crippen LogP contribution in [0.5, 0.6) is 0 Å². The standard InChI is InChI=1S/C23H26ClN5O3S/c1-15-10-23(13-32-15)4-6-28(7-5-23)18-11-26-19(12-25-18)33-17-3-2-16-20(21(17)24)22(31)29(8-9-30)14-27-16/h2-3,11-12,14-15,30H,4-10,13H2,1H3/t15-/m0/s1. The zero-order valence-corrected chi connectivity index (χ0v) is 20.0. The van der Waals surface area contributed by atoms with E-state index < -0.39 is 0 Å². The second-order valence-electron chi connectivity index (χ2n) is 8.87. The monoisotopic (exact) mass is 487 g/mol. The van der Waals surface area contributed by atoms with Crippen LogP contribution in [0.4, 0.5) is 5.82 Å². The minimum atomic E-state index is -0.271. The van der Waals surface area contributed by atoms with Gasteiger partial charge in [0.1, 0.15) is 10.8 Å². The molecule has 1 atom stereocenters. The van der Waals surface area contributed by atoms with Gasteiger partial charge in [-0.15, -0.1) is 0 Å². The number of hydrogen-bond donors (Lipinski definition) is 1. The molecule has 2 saturated heterocycles. The summed E-state index contributed by atoms with van der Waals surface area (Å²) in [5.41, 5.74) is 0.582. The van der Waals surface area contributed by atoms with Crippen molar-refractivity contribution in [2.75, 3.05) is 31.2 Å². The van der Waals surface area contributed by atoms with Gasteiger partial charge >= 0.3 is 0 Å². The third kappa shape index (κ3) is 4.47. The zero-order chi connectivity index (χ0) is 23.0. The van der Waals surface area contributed by atoms with E-state index in [-0.39, 0.29) is 18.7 Å². The topological polar surface area (TPSA) is 93.4 Å². The number of nitrogens with zero attached hydrogens (tertiary/aromatic N) is 5. The highest BCUT2D eigenvalue weighted by Crippen LogP contribution is 2.42. The Kier molecular flexibility index (Phi) is 6.30. The fourth-order valence-corrected chi connectivity index (χ4v) is 5.90. The van der Waals surface area contributed by atoms with Crippen LogP contribution in [0.25, 0.3) is 10.9 Å². The molecule has 2 aliphatic heterocycles. The van der Waals surface area contributed by atoms with Crippen LogP contribution in [0.3, 0.4) is 0 Å². The van der Waals surface area contributed by atoms with E-state index in [0.29, 0.717) is 37.4 Å². The fourth-order valence-electron chi connectivity index (χ4n) is 4.77. The molecule has 0 bridgehead atoms. The predicted molar refractivity (Wildman–Crippen MR) is 128 cm³/mol. The number of anilines is 1. The Labute approximate surface area is 201 Å². The Morgan fingerprint density at radius 2 is 2.06 bits per heavy atom. The van der Waals surface area contributed by atoms with E-state index in [1.165, 1.54) is 22.7 Å². The number of halogens is 1. The van der Waals surface area contributed by atoms with Crippen LogP contribution < -0.4 is 10.5 Å². The van der Waals surface area contributed by atoms with Gasteiger partial charge < -0.3 is 14.7 Å². The molecule has 0 saturated carbocycles. The van der Waals surface area contributed by atoms with E-state index in [1.54, 1.807) is 18.5 Å². The van der Waals surface area contributed by atoms with Crippen LogP contribution in [0, 0.1) is 5.41 Å². The molecule has 4 heterocycles. The number of piperidine rings is 1. The molecule has 8 nitrogen and oxygen atoms in total. The van der Waals surface area contributed by atoms with Gasteiger partial charge in [-0.2, -0.15) is 0 Å². The molecule has 3 aromatic rings. The normalized spacial score (nSPS) is 20.1. The Balaban J connectivity index is 1.31. The average Bonchev–Trinajstić information content (AvgIpc) is 3.18. The van der Waals surface area contributed by atoms with Crippen LogP contribution in [0.2, 0.25) is 5.02 Å². The number of aromatic nitrogens is 4. The molecule has 2 aliphatic rings. The van der Waals surface area contributed by atoms with E-state index in [0.717, 1.165) is 44.8 Å². The molecule has 1 N–H and O–H groups in total. The lowest BCUT2D eigenvalue weighted by atomic mass is 9.77. The SMILES string of the molecule is C[C@H]1CC2(CCN(c3cnc(Sc4ccc5ncn(CCO)c(=O)c5c4Cl)cn3)CC2)CO1. The van der Waals surface area contributed by atoms with Crippen molar-refractivity contribution < 1.29 is 9.84 Å². The first-order chi connectivity index (χ1) is 16.0. The molecule has 0 amide bonds. The number of aliphatic hydroxyl groups is 1. The molecule has 0 unspecified atom stereocenters. The van der Waals surface area contributed by atoms with Crippen molar-refractivity contribution in [3.8, 4) is 0 Å². The summed E-state index contributed by atoms with van der Waals surface area (Å²) in [6.45, 7) is 4.97. The number of hydrogen-bond acceptors (Lipinski definition) is 8. The molecular weight excluding hydrogens is 462 g/mol. The minimum absolute atomic E-state index is 0.147. The van der Waals surface area contributed by atoms with Crippen molar-refractivity contribution in [2.24, 2.45) is 5.41 Å². The van der Waals surface area contributed by atoms with Crippen LogP contribution in [-0.2, 0) is 11.3 Å². The van der Waals surface area contributed by atoms with Gasteiger partial charge in [0, 0.05) is 18.0 Å². The molecule has 33 heavy (non-hydrogen) atoms. The Morgan fingerprint density at radius 1 is 1.24 bits per heavy atom. The molecule has 1 spiro atoms. The summed E-state index contributed by atoms with van der Waals surface area (Å²) >= 11 is 7.95. The van der Waals surface area contributed by atoms with Gasteiger partial charge in [0.25, 0.3) is 5.56 Å². The molecule has 1 aromatic carbocycles.